The van der Waals surface area contributed by atoms with Crippen molar-refractivity contribution in [1.29, 1.82) is 0 Å². The molecule has 4 rings (SSSR count). The maximum absolute atomic E-state index is 12.9. The van der Waals surface area contributed by atoms with Crippen LogP contribution >= 0.6 is 11.3 Å². The van der Waals surface area contributed by atoms with Crippen molar-refractivity contribution >= 4 is 28.0 Å². The van der Waals surface area contributed by atoms with Crippen LogP contribution < -0.4 is 15.8 Å². The van der Waals surface area contributed by atoms with Crippen molar-refractivity contribution in [1.82, 2.24) is 15.1 Å². The summed E-state index contributed by atoms with van der Waals surface area (Å²) in [5, 5.41) is 10.5. The average molecular weight is 383 g/mol. The van der Waals surface area contributed by atoms with Gasteiger partial charge in [0.05, 0.1) is 29.9 Å². The molecular formula is C20H23N4O2S+. The molecule has 6 nitrogen and oxygen atoms in total. The summed E-state index contributed by atoms with van der Waals surface area (Å²) in [6.07, 6.45) is 2.47. The van der Waals surface area contributed by atoms with E-state index in [0.717, 1.165) is 13.1 Å². The van der Waals surface area contributed by atoms with Crippen LogP contribution in [0.5, 0.6) is 0 Å². The highest BCUT2D eigenvalue weighted by Crippen LogP contribution is 2.18. The van der Waals surface area contributed by atoms with Gasteiger partial charge in [0.25, 0.3) is 11.5 Å². The molecule has 140 valence electrons. The number of nitrogens with one attached hydrogen (secondary N) is 2. The second-order valence-electron chi connectivity index (χ2n) is 6.97. The molecule has 1 aromatic carbocycles. The molecule has 1 aliphatic rings. The number of hydrogen-bond acceptors (Lipinski definition) is 4. The molecule has 3 aromatic rings. The highest BCUT2D eigenvalue weighted by molar-refractivity contribution is 7.10. The molecular weight excluding hydrogens is 360 g/mol. The second kappa shape index (κ2) is 7.62. The van der Waals surface area contributed by atoms with Crippen LogP contribution in [0.3, 0.4) is 0 Å². The number of aryl methyl sites for hydroxylation is 1. The Hall–Kier alpha value is -2.51. The van der Waals surface area contributed by atoms with Crippen molar-refractivity contribution in [2.75, 3.05) is 19.6 Å². The molecule has 1 saturated heterocycles. The van der Waals surface area contributed by atoms with Gasteiger partial charge in [-0.3, -0.25) is 9.59 Å². The Balaban J connectivity index is 1.59. The van der Waals surface area contributed by atoms with E-state index in [1.807, 2.05) is 6.07 Å². The van der Waals surface area contributed by atoms with Crippen molar-refractivity contribution in [3.05, 3.63) is 62.7 Å². The summed E-state index contributed by atoms with van der Waals surface area (Å²) >= 11 is 1.74. The number of carbonyl (C=O) groups is 1. The summed E-state index contributed by atoms with van der Waals surface area (Å²) in [4.78, 5) is 28.0. The first-order chi connectivity index (χ1) is 13.1. The number of quaternary nitrogens is 1. The highest BCUT2D eigenvalue weighted by atomic mass is 32.1. The Morgan fingerprint density at radius 3 is 2.67 bits per heavy atom. The fourth-order valence-corrected chi connectivity index (χ4v) is 4.74. The summed E-state index contributed by atoms with van der Waals surface area (Å²) in [5.74, 6) is -0.234. The SMILES string of the molecule is Cn1nc(C(=O)NC[C@@H](c2cccs2)[NH+]2CCCC2)c2ccccc2c1=O. The smallest absolute Gasteiger partial charge is 0.274 e. The van der Waals surface area contributed by atoms with Crippen LogP contribution in [0, 0.1) is 0 Å². The largest absolute Gasteiger partial charge is 0.344 e. The van der Waals surface area contributed by atoms with Crippen LogP contribution in [0.2, 0.25) is 0 Å². The number of likely N-dealkylation sites (tertiary alicyclic amines) is 1. The lowest BCUT2D eigenvalue weighted by Crippen LogP contribution is -3.11. The van der Waals surface area contributed by atoms with Crippen molar-refractivity contribution in [3.8, 4) is 0 Å². The van der Waals surface area contributed by atoms with Gasteiger partial charge < -0.3 is 10.2 Å². The number of carbonyl (C=O) groups excluding carboxylic acids is 1. The van der Waals surface area contributed by atoms with Crippen LogP contribution in [0.1, 0.15) is 34.2 Å². The number of amides is 1. The molecule has 0 aliphatic carbocycles. The molecule has 1 atom stereocenters. The Labute approximate surface area is 161 Å². The molecule has 1 fully saturated rings. The molecule has 27 heavy (non-hydrogen) atoms. The zero-order chi connectivity index (χ0) is 18.8. The Morgan fingerprint density at radius 2 is 1.96 bits per heavy atom. The molecule has 1 amide bonds. The van der Waals surface area contributed by atoms with E-state index in [4.69, 9.17) is 0 Å². The lowest BCUT2D eigenvalue weighted by molar-refractivity contribution is -0.918. The van der Waals surface area contributed by atoms with Gasteiger partial charge in [0.15, 0.2) is 5.69 Å². The van der Waals surface area contributed by atoms with Crippen molar-refractivity contribution in [3.63, 3.8) is 0 Å². The van der Waals surface area contributed by atoms with E-state index in [-0.39, 0.29) is 17.5 Å². The minimum Gasteiger partial charge on any atom is -0.344 e. The quantitative estimate of drug-likeness (QED) is 0.694. The number of rotatable bonds is 5. The van der Waals surface area contributed by atoms with Crippen LogP contribution in [0.15, 0.2) is 46.6 Å². The fourth-order valence-electron chi connectivity index (χ4n) is 3.86. The van der Waals surface area contributed by atoms with Gasteiger partial charge in [0.1, 0.15) is 6.04 Å². The zero-order valence-electron chi connectivity index (χ0n) is 15.3. The fraction of sp³-hybridized carbons (Fsp3) is 0.350. The first-order valence-corrected chi connectivity index (χ1v) is 10.2. The average Bonchev–Trinajstić information content (AvgIpc) is 3.39. The van der Waals surface area contributed by atoms with Crippen molar-refractivity contribution in [2.45, 2.75) is 18.9 Å². The summed E-state index contributed by atoms with van der Waals surface area (Å²) in [5.41, 5.74) is 0.106. The third kappa shape index (κ3) is 3.52. The van der Waals surface area contributed by atoms with Crippen molar-refractivity contribution < 1.29 is 9.69 Å². The molecule has 0 radical (unpaired) electrons. The van der Waals surface area contributed by atoms with Gasteiger partial charge in [0.2, 0.25) is 0 Å². The van der Waals surface area contributed by atoms with Gasteiger partial charge in [-0.05, 0) is 17.5 Å². The lowest BCUT2D eigenvalue weighted by Gasteiger charge is -2.24. The number of fused-ring (bicyclic) bond motifs is 1. The van der Waals surface area contributed by atoms with Crippen LogP contribution in [-0.2, 0) is 7.05 Å². The Morgan fingerprint density at radius 1 is 1.22 bits per heavy atom. The monoisotopic (exact) mass is 383 g/mol. The van der Waals surface area contributed by atoms with Crippen molar-refractivity contribution in [2.24, 2.45) is 7.05 Å². The second-order valence-corrected chi connectivity index (χ2v) is 7.95. The van der Waals surface area contributed by atoms with Crippen LogP contribution in [-0.4, -0.2) is 35.3 Å². The third-order valence-corrected chi connectivity index (χ3v) is 6.25. The molecule has 7 heteroatoms. The van der Waals surface area contributed by atoms with Gasteiger partial charge in [-0.15, -0.1) is 11.3 Å². The molecule has 0 unspecified atom stereocenters. The van der Waals surface area contributed by atoms with Gasteiger partial charge >= 0.3 is 0 Å². The van der Waals surface area contributed by atoms with Crippen LogP contribution in [0.4, 0.5) is 0 Å². The Kier molecular flexibility index (Phi) is 5.05. The predicted octanol–water partition coefficient (Wildman–Crippen LogP) is 1.14. The summed E-state index contributed by atoms with van der Waals surface area (Å²) in [6.45, 7) is 2.84. The van der Waals surface area contributed by atoms with Gasteiger partial charge in [-0.2, -0.15) is 5.10 Å². The summed E-state index contributed by atoms with van der Waals surface area (Å²) in [6, 6.07) is 11.6. The van der Waals surface area contributed by atoms with Gasteiger partial charge in [0, 0.05) is 25.3 Å². The number of aromatic nitrogens is 2. The molecule has 2 aromatic heterocycles. The zero-order valence-corrected chi connectivity index (χ0v) is 16.1. The van der Waals surface area contributed by atoms with E-state index in [9.17, 15) is 9.59 Å². The molecule has 2 N–H and O–H groups in total. The maximum atomic E-state index is 12.9. The molecule has 0 bridgehead atoms. The molecule has 1 aliphatic heterocycles. The van der Waals surface area contributed by atoms with Gasteiger partial charge in [-0.1, -0.05) is 24.3 Å². The van der Waals surface area contributed by atoms with Crippen LogP contribution in [0.25, 0.3) is 10.8 Å². The number of thiophene rings is 1. The third-order valence-electron chi connectivity index (χ3n) is 5.26. The van der Waals surface area contributed by atoms with E-state index in [2.05, 4.69) is 27.9 Å². The van der Waals surface area contributed by atoms with E-state index >= 15 is 0 Å². The predicted molar refractivity (Wildman–Crippen MR) is 106 cm³/mol. The number of nitrogens with zero attached hydrogens (tertiary/aromatic N) is 2. The normalized spacial score (nSPS) is 15.9. The standard InChI is InChI=1S/C20H22N4O2S/c1-23-20(26)15-8-3-2-7-14(15)18(22-23)19(25)21-13-16(17-9-6-12-27-17)24-10-4-5-11-24/h2-3,6-9,12,16H,4-5,10-11,13H2,1H3,(H,21,25)/p+1/t16-/m0/s1. The molecule has 0 spiro atoms. The molecule has 0 saturated carbocycles. The summed E-state index contributed by atoms with van der Waals surface area (Å²) < 4.78 is 1.24. The van der Waals surface area contributed by atoms with Gasteiger partial charge in [-0.25, -0.2) is 4.68 Å². The number of hydrogen-bond donors (Lipinski definition) is 2. The van der Waals surface area contributed by atoms with E-state index < -0.39 is 0 Å². The lowest BCUT2D eigenvalue weighted by atomic mass is 10.1. The van der Waals surface area contributed by atoms with E-state index in [1.165, 1.54) is 27.3 Å². The minimum atomic E-state index is -0.234. The topological polar surface area (TPSA) is 68.4 Å². The maximum Gasteiger partial charge on any atom is 0.274 e. The minimum absolute atomic E-state index is 0.194. The summed E-state index contributed by atoms with van der Waals surface area (Å²) in [7, 11) is 1.58. The number of benzene rings is 1. The molecule has 3 heterocycles. The highest BCUT2D eigenvalue weighted by Gasteiger charge is 2.29. The Bertz CT molecular complexity index is 1010. The van der Waals surface area contributed by atoms with E-state index in [1.54, 1.807) is 36.6 Å². The first-order valence-electron chi connectivity index (χ1n) is 9.27. The first kappa shape index (κ1) is 17.9. The van der Waals surface area contributed by atoms with E-state index in [0.29, 0.717) is 23.0 Å².